The predicted molar refractivity (Wildman–Crippen MR) is 29.7 cm³/mol. The lowest BCUT2D eigenvalue weighted by molar-refractivity contribution is 0.429. The summed E-state index contributed by atoms with van der Waals surface area (Å²) in [7, 11) is 0. The highest BCUT2D eigenvalue weighted by molar-refractivity contribution is 5.65. The summed E-state index contributed by atoms with van der Waals surface area (Å²) in [6.07, 6.45) is 2.95. The Kier molecular flexibility index (Phi) is 1.39. The molecule has 0 amide bonds. The first-order valence-electron chi connectivity index (χ1n) is 2.00. The second kappa shape index (κ2) is 2.23. The van der Waals surface area contributed by atoms with Crippen molar-refractivity contribution in [3.8, 4) is 0 Å². The maximum absolute atomic E-state index is 4.97. The average molecular weight is 111 g/mol. The van der Waals surface area contributed by atoms with Gasteiger partial charge in [0.2, 0.25) is 0 Å². The molecule has 0 spiro atoms. The molecule has 0 aromatic rings. The molecule has 5 nitrogen and oxygen atoms in total. The van der Waals surface area contributed by atoms with Crippen molar-refractivity contribution in [2.45, 2.75) is 0 Å². The topological polar surface area (TPSA) is 66.0 Å². The van der Waals surface area contributed by atoms with E-state index in [-0.39, 0.29) is 0 Å². The van der Waals surface area contributed by atoms with E-state index in [1.807, 2.05) is 0 Å². The Morgan fingerprint density at radius 3 is 3.00 bits per heavy atom. The lowest BCUT2D eigenvalue weighted by atomic mass is 10.9. The Labute approximate surface area is 46.1 Å². The molecule has 0 unspecified atom stereocenters. The molecule has 42 valence electrons. The standard InChI is InChI=1S/C3H5N5/c4-7-8-2-1-5-6-3-8/h2-3,7H,4H2. The number of hydrogen-bond donors (Lipinski definition) is 2. The monoisotopic (exact) mass is 111 g/mol. The van der Waals surface area contributed by atoms with Crippen molar-refractivity contribution in [3.05, 3.63) is 6.20 Å². The SMILES string of the molecule is NNN1C=C=NN=C1. The van der Waals surface area contributed by atoms with Crippen molar-refractivity contribution in [1.82, 2.24) is 10.5 Å². The summed E-state index contributed by atoms with van der Waals surface area (Å²) in [6, 6.07) is 0. The Morgan fingerprint density at radius 1 is 1.75 bits per heavy atom. The second-order valence-corrected chi connectivity index (χ2v) is 1.13. The molecule has 8 heavy (non-hydrogen) atoms. The molecule has 1 heterocycles. The van der Waals surface area contributed by atoms with Crippen molar-refractivity contribution in [3.63, 3.8) is 0 Å². The van der Waals surface area contributed by atoms with Gasteiger partial charge in [-0.05, 0) is 0 Å². The van der Waals surface area contributed by atoms with Gasteiger partial charge in [0.05, 0.1) is 6.20 Å². The first-order chi connectivity index (χ1) is 3.93. The van der Waals surface area contributed by atoms with E-state index >= 15 is 0 Å². The number of nitrogens with one attached hydrogen (secondary N) is 1. The van der Waals surface area contributed by atoms with Gasteiger partial charge in [-0.3, -0.25) is 5.84 Å². The molecule has 0 aromatic carbocycles. The van der Waals surface area contributed by atoms with Crippen LogP contribution in [0.3, 0.4) is 0 Å². The van der Waals surface area contributed by atoms with Crippen molar-refractivity contribution < 1.29 is 0 Å². The van der Waals surface area contributed by atoms with Crippen molar-refractivity contribution in [2.24, 2.45) is 16.0 Å². The van der Waals surface area contributed by atoms with Gasteiger partial charge in [0.25, 0.3) is 0 Å². The molecule has 1 aliphatic heterocycles. The Balaban J connectivity index is 2.62. The zero-order valence-corrected chi connectivity index (χ0v) is 4.07. The van der Waals surface area contributed by atoms with Gasteiger partial charge in [-0.15, -0.1) is 10.2 Å². The zero-order valence-electron chi connectivity index (χ0n) is 4.07. The van der Waals surface area contributed by atoms with Crippen LogP contribution in [0.1, 0.15) is 0 Å². The zero-order chi connectivity index (χ0) is 5.82. The molecule has 3 N–H and O–H groups in total. The van der Waals surface area contributed by atoms with Crippen LogP contribution in [0.2, 0.25) is 0 Å². The highest BCUT2D eigenvalue weighted by Crippen LogP contribution is 1.78. The first kappa shape index (κ1) is 4.99. The fourth-order valence-corrected chi connectivity index (χ4v) is 0.307. The maximum atomic E-state index is 4.97. The number of nitrogens with zero attached hydrogens (tertiary/aromatic N) is 3. The van der Waals surface area contributed by atoms with E-state index in [1.54, 1.807) is 0 Å². The summed E-state index contributed by atoms with van der Waals surface area (Å²) in [5.74, 6) is 7.45. The third kappa shape index (κ3) is 0.913. The van der Waals surface area contributed by atoms with Gasteiger partial charge in [0.1, 0.15) is 6.34 Å². The van der Waals surface area contributed by atoms with Crippen molar-refractivity contribution in [1.29, 1.82) is 0 Å². The van der Waals surface area contributed by atoms with E-state index in [9.17, 15) is 0 Å². The Morgan fingerprint density at radius 2 is 2.62 bits per heavy atom. The highest BCUT2D eigenvalue weighted by Gasteiger charge is 1.88. The minimum Gasteiger partial charge on any atom is -0.253 e. The minimum absolute atomic E-state index is 1.42. The first-order valence-corrected chi connectivity index (χ1v) is 2.00. The van der Waals surface area contributed by atoms with Gasteiger partial charge in [0, 0.05) is 5.87 Å². The highest BCUT2D eigenvalue weighted by atomic mass is 15.6. The van der Waals surface area contributed by atoms with Crippen LogP contribution in [-0.4, -0.2) is 17.2 Å². The summed E-state index contributed by atoms with van der Waals surface area (Å²) >= 11 is 0. The number of nitrogens with two attached hydrogens (primary N) is 1. The number of hydrogen-bond acceptors (Lipinski definition) is 5. The molecule has 0 aromatic heterocycles. The third-order valence-electron chi connectivity index (χ3n) is 0.637. The van der Waals surface area contributed by atoms with Crippen LogP contribution in [0.15, 0.2) is 16.4 Å². The molecule has 1 rings (SSSR count). The minimum atomic E-state index is 1.42. The molecule has 0 radical (unpaired) electrons. The van der Waals surface area contributed by atoms with Crippen LogP contribution in [0.25, 0.3) is 0 Å². The fourth-order valence-electron chi connectivity index (χ4n) is 0.307. The van der Waals surface area contributed by atoms with Crippen LogP contribution in [0.4, 0.5) is 0 Å². The van der Waals surface area contributed by atoms with Gasteiger partial charge in [-0.1, -0.05) is 0 Å². The van der Waals surface area contributed by atoms with Crippen LogP contribution < -0.4 is 11.4 Å². The average Bonchev–Trinajstić information content (AvgIpc) is 1.90. The summed E-state index contributed by atoms with van der Waals surface area (Å²) in [5.41, 5.74) is 2.31. The van der Waals surface area contributed by atoms with E-state index in [0.29, 0.717) is 0 Å². The third-order valence-corrected chi connectivity index (χ3v) is 0.637. The number of rotatable bonds is 1. The summed E-state index contributed by atoms with van der Waals surface area (Å²) in [4.78, 5) is 0. The molecule has 0 fully saturated rings. The lowest BCUT2D eigenvalue weighted by Gasteiger charge is -2.08. The summed E-state index contributed by atoms with van der Waals surface area (Å²) < 4.78 is 0. The van der Waals surface area contributed by atoms with Gasteiger partial charge in [0.15, 0.2) is 0 Å². The van der Waals surface area contributed by atoms with E-state index < -0.39 is 0 Å². The molecule has 0 bridgehead atoms. The van der Waals surface area contributed by atoms with Crippen LogP contribution in [0.5, 0.6) is 0 Å². The largest absolute Gasteiger partial charge is 0.253 e. The van der Waals surface area contributed by atoms with Gasteiger partial charge in [-0.25, -0.2) is 5.01 Å². The Hall–Kier alpha value is -1.16. The van der Waals surface area contributed by atoms with E-state index in [4.69, 9.17) is 5.84 Å². The van der Waals surface area contributed by atoms with Gasteiger partial charge >= 0.3 is 0 Å². The predicted octanol–water partition coefficient (Wildman–Crippen LogP) is -1.19. The number of hydrazine groups is 2. The van der Waals surface area contributed by atoms with E-state index in [2.05, 4.69) is 21.6 Å². The molecule has 0 saturated heterocycles. The lowest BCUT2D eigenvalue weighted by Crippen LogP contribution is -2.38. The van der Waals surface area contributed by atoms with Crippen LogP contribution in [0, 0.1) is 0 Å². The maximum Gasteiger partial charge on any atom is 0.135 e. The quantitative estimate of drug-likeness (QED) is 0.330. The van der Waals surface area contributed by atoms with Crippen molar-refractivity contribution >= 4 is 12.2 Å². The normalized spacial score (nSPS) is 15.4. The molecule has 0 atom stereocenters. The summed E-state index contributed by atoms with van der Waals surface area (Å²) in [5, 5.41) is 8.30. The summed E-state index contributed by atoms with van der Waals surface area (Å²) in [6.45, 7) is 0. The smallest absolute Gasteiger partial charge is 0.135 e. The molecular weight excluding hydrogens is 106 g/mol. The van der Waals surface area contributed by atoms with Crippen LogP contribution in [-0.2, 0) is 0 Å². The molecule has 0 aliphatic carbocycles. The van der Waals surface area contributed by atoms with Gasteiger partial charge in [-0.2, -0.15) is 5.53 Å². The molecule has 5 heteroatoms. The van der Waals surface area contributed by atoms with Crippen molar-refractivity contribution in [2.75, 3.05) is 0 Å². The van der Waals surface area contributed by atoms with Crippen LogP contribution >= 0.6 is 0 Å². The van der Waals surface area contributed by atoms with Gasteiger partial charge < -0.3 is 0 Å². The van der Waals surface area contributed by atoms with E-state index in [0.717, 1.165) is 0 Å². The molecule has 1 aliphatic rings. The van der Waals surface area contributed by atoms with E-state index in [1.165, 1.54) is 17.5 Å². The second-order valence-electron chi connectivity index (χ2n) is 1.13. The fraction of sp³-hybridized carbons (Fsp3) is 0. The Bertz CT molecular complexity index is 153. The molecular formula is C3H5N5. The molecule has 0 saturated carbocycles.